The SMILES string of the molecule is CCCCCCOc1ccc(C(=O)NNC(=O)CCCOc2ccc(S(C)(=O)=O)cc2)cc1. The van der Waals surface area contributed by atoms with Gasteiger partial charge in [-0.2, -0.15) is 0 Å². The molecule has 0 aromatic heterocycles. The van der Waals surface area contributed by atoms with Gasteiger partial charge in [-0.15, -0.1) is 0 Å². The topological polar surface area (TPSA) is 111 Å². The van der Waals surface area contributed by atoms with Crippen LogP contribution in [0.3, 0.4) is 0 Å². The molecule has 0 bridgehead atoms. The molecule has 0 saturated heterocycles. The molecule has 2 aromatic rings. The fourth-order valence-electron chi connectivity index (χ4n) is 2.89. The molecule has 0 fully saturated rings. The number of unbranched alkanes of at least 4 members (excludes halogenated alkanes) is 3. The van der Waals surface area contributed by atoms with Gasteiger partial charge in [0.05, 0.1) is 18.1 Å². The van der Waals surface area contributed by atoms with Crippen LogP contribution >= 0.6 is 0 Å². The molecule has 0 aliphatic rings. The second-order valence-electron chi connectivity index (χ2n) is 7.63. The number of sulfone groups is 1. The van der Waals surface area contributed by atoms with E-state index in [4.69, 9.17) is 9.47 Å². The molecule has 0 unspecified atom stereocenters. The molecule has 0 aliphatic carbocycles. The van der Waals surface area contributed by atoms with E-state index in [-0.39, 0.29) is 23.8 Å². The summed E-state index contributed by atoms with van der Waals surface area (Å²) in [7, 11) is -3.25. The van der Waals surface area contributed by atoms with Gasteiger partial charge in [-0.05, 0) is 61.4 Å². The van der Waals surface area contributed by atoms with Gasteiger partial charge in [0.1, 0.15) is 11.5 Å². The lowest BCUT2D eigenvalue weighted by Crippen LogP contribution is -2.41. The van der Waals surface area contributed by atoms with Crippen LogP contribution in [0, 0.1) is 0 Å². The summed E-state index contributed by atoms with van der Waals surface area (Å²) < 4.78 is 34.0. The van der Waals surface area contributed by atoms with Crippen molar-refractivity contribution in [1.82, 2.24) is 10.9 Å². The van der Waals surface area contributed by atoms with Crippen LogP contribution < -0.4 is 20.3 Å². The normalized spacial score (nSPS) is 11.0. The average molecular weight is 477 g/mol. The highest BCUT2D eigenvalue weighted by molar-refractivity contribution is 7.90. The lowest BCUT2D eigenvalue weighted by atomic mass is 10.2. The van der Waals surface area contributed by atoms with Crippen LogP contribution in [0.25, 0.3) is 0 Å². The van der Waals surface area contributed by atoms with Crippen LogP contribution in [0.4, 0.5) is 0 Å². The molecule has 0 spiro atoms. The number of amides is 2. The van der Waals surface area contributed by atoms with Gasteiger partial charge >= 0.3 is 0 Å². The number of nitrogens with one attached hydrogen (secondary N) is 2. The van der Waals surface area contributed by atoms with Crippen LogP contribution in [0.1, 0.15) is 55.8 Å². The summed E-state index contributed by atoms with van der Waals surface area (Å²) in [4.78, 5) is 24.3. The average Bonchev–Trinajstić information content (AvgIpc) is 2.80. The molecule has 0 saturated carbocycles. The van der Waals surface area contributed by atoms with Crippen molar-refractivity contribution in [1.29, 1.82) is 0 Å². The van der Waals surface area contributed by atoms with Crippen molar-refractivity contribution in [2.45, 2.75) is 50.3 Å². The second kappa shape index (κ2) is 13.5. The number of ether oxygens (including phenoxy) is 2. The molecule has 0 radical (unpaired) electrons. The van der Waals surface area contributed by atoms with E-state index in [1.54, 1.807) is 36.4 Å². The predicted molar refractivity (Wildman–Crippen MR) is 126 cm³/mol. The van der Waals surface area contributed by atoms with E-state index in [9.17, 15) is 18.0 Å². The van der Waals surface area contributed by atoms with Crippen LogP contribution in [-0.4, -0.2) is 39.7 Å². The summed E-state index contributed by atoms with van der Waals surface area (Å²) in [6.07, 6.45) is 6.25. The van der Waals surface area contributed by atoms with E-state index in [0.717, 1.165) is 19.1 Å². The molecular weight excluding hydrogens is 444 g/mol. The van der Waals surface area contributed by atoms with Crippen molar-refractivity contribution in [2.75, 3.05) is 19.5 Å². The Morgan fingerprint density at radius 3 is 1.94 bits per heavy atom. The van der Waals surface area contributed by atoms with Crippen molar-refractivity contribution in [3.8, 4) is 11.5 Å². The number of hydrazine groups is 1. The van der Waals surface area contributed by atoms with Gasteiger partial charge in [0.2, 0.25) is 5.91 Å². The quantitative estimate of drug-likeness (QED) is 0.337. The summed E-state index contributed by atoms with van der Waals surface area (Å²) in [6, 6.07) is 12.8. The lowest BCUT2D eigenvalue weighted by Gasteiger charge is -2.09. The largest absolute Gasteiger partial charge is 0.494 e. The molecule has 2 N–H and O–H groups in total. The van der Waals surface area contributed by atoms with Crippen LogP contribution in [0.2, 0.25) is 0 Å². The first-order chi connectivity index (χ1) is 15.8. The summed E-state index contributed by atoms with van der Waals surface area (Å²) in [5.74, 6) is 0.467. The summed E-state index contributed by atoms with van der Waals surface area (Å²) in [5, 5.41) is 0. The zero-order valence-corrected chi connectivity index (χ0v) is 19.9. The van der Waals surface area contributed by atoms with E-state index in [2.05, 4.69) is 17.8 Å². The maximum atomic E-state index is 12.2. The Hall–Kier alpha value is -3.07. The molecular formula is C24H32N2O6S. The molecule has 33 heavy (non-hydrogen) atoms. The van der Waals surface area contributed by atoms with Gasteiger partial charge in [-0.1, -0.05) is 26.2 Å². The third kappa shape index (κ3) is 9.95. The molecule has 2 amide bonds. The highest BCUT2D eigenvalue weighted by atomic mass is 32.2. The number of rotatable bonds is 13. The first kappa shape index (κ1) is 26.2. The molecule has 2 rings (SSSR count). The lowest BCUT2D eigenvalue weighted by molar-refractivity contribution is -0.122. The van der Waals surface area contributed by atoms with Gasteiger partial charge in [-0.3, -0.25) is 20.4 Å². The van der Waals surface area contributed by atoms with E-state index in [1.165, 1.54) is 25.0 Å². The van der Waals surface area contributed by atoms with E-state index in [1.807, 2.05) is 0 Å². The summed E-state index contributed by atoms with van der Waals surface area (Å²) in [5.41, 5.74) is 5.18. The van der Waals surface area contributed by atoms with Crippen molar-refractivity contribution in [2.24, 2.45) is 0 Å². The highest BCUT2D eigenvalue weighted by Crippen LogP contribution is 2.16. The van der Waals surface area contributed by atoms with Crippen molar-refractivity contribution >= 4 is 21.7 Å². The zero-order chi connectivity index (χ0) is 24.1. The third-order valence-corrected chi connectivity index (χ3v) is 5.90. The van der Waals surface area contributed by atoms with E-state index in [0.29, 0.717) is 30.1 Å². The van der Waals surface area contributed by atoms with Crippen LogP contribution in [-0.2, 0) is 14.6 Å². The summed E-state index contributed by atoms with van der Waals surface area (Å²) in [6.45, 7) is 3.09. The van der Waals surface area contributed by atoms with Gasteiger partial charge in [0.15, 0.2) is 9.84 Å². The molecule has 180 valence electrons. The second-order valence-corrected chi connectivity index (χ2v) is 9.65. The zero-order valence-electron chi connectivity index (χ0n) is 19.1. The van der Waals surface area contributed by atoms with E-state index < -0.39 is 15.7 Å². The standard InChI is InChI=1S/C24H32N2O6S/c1-3-4-5-6-17-31-20-11-9-19(10-12-20)24(28)26-25-23(27)8-7-18-32-21-13-15-22(16-14-21)33(2,29)30/h9-16H,3-8,17-18H2,1-2H3,(H,25,27)(H,26,28). The molecule has 0 heterocycles. The Bertz CT molecular complexity index is 989. The van der Waals surface area contributed by atoms with Crippen molar-refractivity contribution in [3.63, 3.8) is 0 Å². The van der Waals surface area contributed by atoms with E-state index >= 15 is 0 Å². The van der Waals surface area contributed by atoms with Gasteiger partial charge in [0, 0.05) is 18.2 Å². The first-order valence-electron chi connectivity index (χ1n) is 11.0. The molecule has 0 atom stereocenters. The van der Waals surface area contributed by atoms with Gasteiger partial charge < -0.3 is 9.47 Å². The van der Waals surface area contributed by atoms with Gasteiger partial charge in [-0.25, -0.2) is 8.42 Å². The number of carbonyl (C=O) groups excluding carboxylic acids is 2. The number of carbonyl (C=O) groups is 2. The maximum Gasteiger partial charge on any atom is 0.269 e. The minimum absolute atomic E-state index is 0.159. The van der Waals surface area contributed by atoms with Gasteiger partial charge in [0.25, 0.3) is 5.91 Å². The van der Waals surface area contributed by atoms with Crippen molar-refractivity contribution < 1.29 is 27.5 Å². The number of hydrogen-bond donors (Lipinski definition) is 2. The third-order valence-electron chi connectivity index (χ3n) is 4.77. The smallest absolute Gasteiger partial charge is 0.269 e. The fourth-order valence-corrected chi connectivity index (χ4v) is 3.52. The molecule has 9 heteroatoms. The predicted octanol–water partition coefficient (Wildman–Crippen LogP) is 3.67. The number of hydrogen-bond acceptors (Lipinski definition) is 6. The first-order valence-corrected chi connectivity index (χ1v) is 12.9. The van der Waals surface area contributed by atoms with Crippen LogP contribution in [0.15, 0.2) is 53.4 Å². The van der Waals surface area contributed by atoms with Crippen LogP contribution in [0.5, 0.6) is 11.5 Å². The maximum absolute atomic E-state index is 12.2. The monoisotopic (exact) mass is 476 g/mol. The Labute approximate surface area is 195 Å². The number of benzene rings is 2. The Morgan fingerprint density at radius 2 is 1.36 bits per heavy atom. The highest BCUT2D eigenvalue weighted by Gasteiger charge is 2.09. The summed E-state index contributed by atoms with van der Waals surface area (Å²) >= 11 is 0. The molecule has 8 nitrogen and oxygen atoms in total. The molecule has 2 aromatic carbocycles. The fraction of sp³-hybridized carbons (Fsp3) is 0.417. The Balaban J connectivity index is 1.63. The van der Waals surface area contributed by atoms with Crippen molar-refractivity contribution in [3.05, 3.63) is 54.1 Å². The molecule has 0 aliphatic heterocycles. The Morgan fingerprint density at radius 1 is 0.788 bits per heavy atom. The minimum atomic E-state index is -3.25. The Kier molecular flexibility index (Phi) is 10.7. The minimum Gasteiger partial charge on any atom is -0.494 e.